The van der Waals surface area contributed by atoms with Gasteiger partial charge in [-0.25, -0.2) is 0 Å². The molecule has 0 aliphatic carbocycles. The molecule has 0 bridgehead atoms. The van der Waals surface area contributed by atoms with Crippen molar-refractivity contribution in [3.05, 3.63) is 41.5 Å². The molecule has 1 amide bonds. The predicted octanol–water partition coefficient (Wildman–Crippen LogP) is 1.31. The van der Waals surface area contributed by atoms with E-state index in [-0.39, 0.29) is 18.6 Å². The topological polar surface area (TPSA) is 80.5 Å². The number of aryl methyl sites for hydroxylation is 1. The molecule has 0 unspecified atom stereocenters. The number of aliphatic hydroxyl groups excluding tert-OH is 1. The number of benzene rings is 1. The highest BCUT2D eigenvalue weighted by molar-refractivity contribution is 5.81. The maximum atomic E-state index is 12.7. The highest BCUT2D eigenvalue weighted by Gasteiger charge is 2.32. The molecule has 7 nitrogen and oxygen atoms in total. The van der Waals surface area contributed by atoms with Gasteiger partial charge < -0.3 is 19.3 Å². The Hall–Kier alpha value is -2.41. The van der Waals surface area contributed by atoms with Crippen molar-refractivity contribution in [3.63, 3.8) is 0 Å². The largest absolute Gasteiger partial charge is 0.497 e. The first-order valence-corrected chi connectivity index (χ1v) is 8.09. The summed E-state index contributed by atoms with van der Waals surface area (Å²) in [5.41, 5.74) is 1.05. The quantitative estimate of drug-likeness (QED) is 0.864. The van der Waals surface area contributed by atoms with Gasteiger partial charge in [-0.3, -0.25) is 4.79 Å². The number of nitrogens with zero attached hydrogens (tertiary/aromatic N) is 4. The molecule has 1 N–H and O–H groups in total. The number of hydrogen-bond acceptors (Lipinski definition) is 5. The molecular formula is C17H22N4O3. The first-order chi connectivity index (χ1) is 11.6. The van der Waals surface area contributed by atoms with Crippen LogP contribution in [0.2, 0.25) is 0 Å². The molecule has 1 aliphatic rings. The highest BCUT2D eigenvalue weighted by atomic mass is 16.5. The average Bonchev–Trinajstić information content (AvgIpc) is 3.01. The van der Waals surface area contributed by atoms with E-state index in [4.69, 9.17) is 9.84 Å². The van der Waals surface area contributed by atoms with Crippen molar-refractivity contribution in [3.8, 4) is 5.75 Å². The molecule has 1 aromatic carbocycles. The minimum absolute atomic E-state index is 0.0587. The van der Waals surface area contributed by atoms with E-state index in [9.17, 15) is 4.79 Å². The van der Waals surface area contributed by atoms with Gasteiger partial charge in [0.2, 0.25) is 5.91 Å². The van der Waals surface area contributed by atoms with E-state index in [1.807, 2.05) is 35.8 Å². The number of fused-ring (bicyclic) bond motifs is 1. The number of aromatic nitrogens is 3. The van der Waals surface area contributed by atoms with Crippen LogP contribution in [0.5, 0.6) is 5.75 Å². The number of rotatable bonds is 6. The summed E-state index contributed by atoms with van der Waals surface area (Å²) in [5, 5.41) is 17.4. The summed E-state index contributed by atoms with van der Waals surface area (Å²) in [6, 6.07) is 7.38. The van der Waals surface area contributed by atoms with Crippen molar-refractivity contribution < 1.29 is 14.6 Å². The van der Waals surface area contributed by atoms with Gasteiger partial charge >= 0.3 is 0 Å². The van der Waals surface area contributed by atoms with E-state index in [1.54, 1.807) is 12.0 Å². The van der Waals surface area contributed by atoms with E-state index in [1.165, 1.54) is 0 Å². The Morgan fingerprint density at radius 3 is 2.71 bits per heavy atom. The fourth-order valence-corrected chi connectivity index (χ4v) is 3.03. The van der Waals surface area contributed by atoms with Crippen LogP contribution >= 0.6 is 0 Å². The number of hydrogen-bond donors (Lipinski definition) is 1. The van der Waals surface area contributed by atoms with Crippen molar-refractivity contribution >= 4 is 5.91 Å². The highest BCUT2D eigenvalue weighted by Crippen LogP contribution is 2.25. The Labute approximate surface area is 140 Å². The molecule has 0 spiro atoms. The number of aliphatic hydroxyl groups is 1. The van der Waals surface area contributed by atoms with Crippen LogP contribution in [0.4, 0.5) is 0 Å². The van der Waals surface area contributed by atoms with Crippen LogP contribution in [-0.4, -0.2) is 44.4 Å². The van der Waals surface area contributed by atoms with Crippen LogP contribution in [0.1, 0.15) is 36.6 Å². The summed E-state index contributed by atoms with van der Waals surface area (Å²) in [4.78, 5) is 14.5. The first-order valence-electron chi connectivity index (χ1n) is 8.09. The van der Waals surface area contributed by atoms with Gasteiger partial charge in [0.25, 0.3) is 0 Å². The fraction of sp³-hybridized carbons (Fsp3) is 0.471. The number of amides is 1. The van der Waals surface area contributed by atoms with E-state index in [0.29, 0.717) is 25.9 Å². The number of carbonyl (C=O) groups excluding carboxylic acids is 1. The van der Waals surface area contributed by atoms with Gasteiger partial charge in [0.1, 0.15) is 17.6 Å². The second kappa shape index (κ2) is 7.00. The molecule has 24 heavy (non-hydrogen) atoms. The van der Waals surface area contributed by atoms with Crippen molar-refractivity contribution in [2.45, 2.75) is 38.9 Å². The third-order valence-electron chi connectivity index (χ3n) is 4.32. The van der Waals surface area contributed by atoms with Crippen molar-refractivity contribution in [2.24, 2.45) is 0 Å². The van der Waals surface area contributed by atoms with Gasteiger partial charge in [-0.15, -0.1) is 10.2 Å². The van der Waals surface area contributed by atoms with Crippen LogP contribution < -0.4 is 4.74 Å². The zero-order valence-electron chi connectivity index (χ0n) is 14.0. The van der Waals surface area contributed by atoms with Gasteiger partial charge in [0.15, 0.2) is 5.82 Å². The molecule has 2 heterocycles. The minimum Gasteiger partial charge on any atom is -0.497 e. The zero-order chi connectivity index (χ0) is 17.1. The molecule has 0 saturated carbocycles. The van der Waals surface area contributed by atoms with Crippen molar-refractivity contribution in [1.82, 2.24) is 19.7 Å². The Kier molecular flexibility index (Phi) is 4.80. The molecule has 3 rings (SSSR count). The van der Waals surface area contributed by atoms with Crippen LogP contribution in [0.15, 0.2) is 24.3 Å². The van der Waals surface area contributed by atoms with E-state index >= 15 is 0 Å². The fourth-order valence-electron chi connectivity index (χ4n) is 3.03. The molecule has 1 aromatic heterocycles. The molecule has 2 aromatic rings. The molecule has 7 heteroatoms. The molecule has 1 atom stereocenters. The Bertz CT molecular complexity index is 711. The maximum absolute atomic E-state index is 12.7. The van der Waals surface area contributed by atoms with Gasteiger partial charge in [0.05, 0.1) is 13.7 Å². The second-order valence-electron chi connectivity index (χ2n) is 5.95. The zero-order valence-corrected chi connectivity index (χ0v) is 14.0. The van der Waals surface area contributed by atoms with Crippen LogP contribution in [-0.2, 0) is 24.3 Å². The van der Waals surface area contributed by atoms with Gasteiger partial charge in [0, 0.05) is 19.6 Å². The lowest BCUT2D eigenvalue weighted by Gasteiger charge is -2.32. The second-order valence-corrected chi connectivity index (χ2v) is 5.95. The van der Waals surface area contributed by atoms with E-state index in [0.717, 1.165) is 23.0 Å². The molecule has 0 radical (unpaired) electrons. The third kappa shape index (κ3) is 3.12. The Morgan fingerprint density at radius 2 is 2.04 bits per heavy atom. The summed E-state index contributed by atoms with van der Waals surface area (Å²) in [6.45, 7) is 2.96. The van der Waals surface area contributed by atoms with Crippen molar-refractivity contribution in [2.75, 3.05) is 13.7 Å². The number of carbonyl (C=O) groups is 1. The summed E-state index contributed by atoms with van der Waals surface area (Å²) in [7, 11) is 1.63. The van der Waals surface area contributed by atoms with Crippen molar-refractivity contribution in [1.29, 1.82) is 0 Å². The van der Waals surface area contributed by atoms with Gasteiger partial charge in [-0.1, -0.05) is 12.1 Å². The lowest BCUT2D eigenvalue weighted by atomic mass is 10.1. The SMILES string of the molecule is COc1ccc(CN2Cc3nnc(CCCO)n3[C@@H](C)C2=O)cc1. The number of methoxy groups -OCH3 is 1. The van der Waals surface area contributed by atoms with Crippen LogP contribution in [0.3, 0.4) is 0 Å². The average molecular weight is 330 g/mol. The summed E-state index contributed by atoms with van der Waals surface area (Å²) in [6.07, 6.45) is 1.24. The van der Waals surface area contributed by atoms with E-state index in [2.05, 4.69) is 10.2 Å². The number of ether oxygens (including phenoxy) is 1. The standard InChI is InChI=1S/C17H22N4O3/c1-12-17(23)20(10-13-5-7-14(24-2)8-6-13)11-16-19-18-15(21(12)16)4-3-9-22/h5-8,12,22H,3-4,9-11H2,1-2H3/t12-/m0/s1. The lowest BCUT2D eigenvalue weighted by molar-refractivity contribution is -0.137. The minimum atomic E-state index is -0.323. The van der Waals surface area contributed by atoms with Gasteiger partial charge in [-0.2, -0.15) is 0 Å². The van der Waals surface area contributed by atoms with E-state index < -0.39 is 0 Å². The summed E-state index contributed by atoms with van der Waals surface area (Å²) < 4.78 is 7.06. The normalized spacial score (nSPS) is 17.0. The molecule has 0 saturated heterocycles. The lowest BCUT2D eigenvalue weighted by Crippen LogP contribution is -2.41. The van der Waals surface area contributed by atoms with Gasteiger partial charge in [-0.05, 0) is 31.0 Å². The maximum Gasteiger partial charge on any atom is 0.246 e. The van der Waals surface area contributed by atoms with Crippen LogP contribution in [0, 0.1) is 0 Å². The molecule has 128 valence electrons. The monoisotopic (exact) mass is 330 g/mol. The summed E-state index contributed by atoms with van der Waals surface area (Å²) >= 11 is 0. The predicted molar refractivity (Wildman–Crippen MR) is 87.4 cm³/mol. The molecule has 1 aliphatic heterocycles. The first kappa shape index (κ1) is 16.4. The smallest absolute Gasteiger partial charge is 0.246 e. The molecule has 0 fully saturated rings. The summed E-state index contributed by atoms with van der Waals surface area (Å²) in [5.74, 6) is 2.42. The molecular weight excluding hydrogens is 308 g/mol. The Balaban J connectivity index is 1.77. The Morgan fingerprint density at radius 1 is 1.29 bits per heavy atom. The van der Waals surface area contributed by atoms with Crippen LogP contribution in [0.25, 0.3) is 0 Å². The third-order valence-corrected chi connectivity index (χ3v) is 4.32.